The molecule has 13 heteroatoms. The average Bonchev–Trinajstić information content (AvgIpc) is 2.94. The summed E-state index contributed by atoms with van der Waals surface area (Å²) in [6.45, 7) is 0.599. The lowest BCUT2D eigenvalue weighted by Gasteiger charge is -2.36. The summed E-state index contributed by atoms with van der Waals surface area (Å²) in [5.41, 5.74) is -0.121. The normalized spacial score (nSPS) is 16.0. The number of carbonyl (C=O) groups excluding carboxylic acids is 2. The Balaban J connectivity index is 1.56. The SMILES string of the molecule is O=C(NO)c1ccc(CNC(=O)N2CCOCC2c2cccc(-c3cc(C(F)(F)F)cc(C(F)(F)F)c3)c2)cc1. The number of nitrogens with one attached hydrogen (secondary N) is 2. The Labute approximate surface area is 224 Å². The second-order valence-corrected chi connectivity index (χ2v) is 9.00. The molecule has 1 atom stereocenters. The van der Waals surface area contributed by atoms with Crippen LogP contribution >= 0.6 is 0 Å². The van der Waals surface area contributed by atoms with Crippen LogP contribution in [0.15, 0.2) is 66.7 Å². The van der Waals surface area contributed by atoms with Crippen molar-refractivity contribution in [2.75, 3.05) is 19.8 Å². The molecule has 0 aromatic heterocycles. The van der Waals surface area contributed by atoms with Gasteiger partial charge in [0, 0.05) is 18.7 Å². The third-order valence-corrected chi connectivity index (χ3v) is 6.34. The highest BCUT2D eigenvalue weighted by molar-refractivity contribution is 5.93. The molecule has 40 heavy (non-hydrogen) atoms. The fourth-order valence-electron chi connectivity index (χ4n) is 4.29. The molecule has 0 aliphatic carbocycles. The zero-order valence-corrected chi connectivity index (χ0v) is 20.6. The fraction of sp³-hybridized carbons (Fsp3) is 0.259. The van der Waals surface area contributed by atoms with E-state index in [0.29, 0.717) is 23.3 Å². The quantitative estimate of drug-likeness (QED) is 0.207. The molecule has 3 aromatic rings. The third kappa shape index (κ3) is 6.72. The molecule has 7 nitrogen and oxygen atoms in total. The number of hydroxylamine groups is 1. The van der Waals surface area contributed by atoms with Gasteiger partial charge in [-0.3, -0.25) is 10.0 Å². The first-order chi connectivity index (χ1) is 18.9. The van der Waals surface area contributed by atoms with Crippen LogP contribution < -0.4 is 10.8 Å². The molecule has 1 saturated heterocycles. The second kappa shape index (κ2) is 11.6. The summed E-state index contributed by atoms with van der Waals surface area (Å²) in [7, 11) is 0. The molecule has 0 bridgehead atoms. The maximum absolute atomic E-state index is 13.4. The molecule has 4 rings (SSSR count). The molecular weight excluding hydrogens is 544 g/mol. The van der Waals surface area contributed by atoms with Crippen LogP contribution in [0, 0.1) is 0 Å². The number of hydrogen-bond acceptors (Lipinski definition) is 4. The van der Waals surface area contributed by atoms with Crippen LogP contribution in [-0.2, 0) is 23.6 Å². The van der Waals surface area contributed by atoms with Crippen molar-refractivity contribution in [2.45, 2.75) is 24.9 Å². The predicted octanol–water partition coefficient (Wildman–Crippen LogP) is 5.79. The van der Waals surface area contributed by atoms with Gasteiger partial charge in [-0.1, -0.05) is 30.3 Å². The van der Waals surface area contributed by atoms with Gasteiger partial charge in [0.15, 0.2) is 0 Å². The summed E-state index contributed by atoms with van der Waals surface area (Å²) in [6.07, 6.45) is -9.96. The van der Waals surface area contributed by atoms with E-state index in [1.54, 1.807) is 18.2 Å². The highest BCUT2D eigenvalue weighted by Gasteiger charge is 2.37. The number of halogens is 6. The van der Waals surface area contributed by atoms with Crippen molar-refractivity contribution in [3.8, 4) is 11.1 Å². The van der Waals surface area contributed by atoms with Gasteiger partial charge in [-0.15, -0.1) is 0 Å². The Morgan fingerprint density at radius 1 is 0.900 bits per heavy atom. The van der Waals surface area contributed by atoms with Crippen molar-refractivity contribution >= 4 is 11.9 Å². The van der Waals surface area contributed by atoms with Crippen LogP contribution in [0.5, 0.6) is 0 Å². The van der Waals surface area contributed by atoms with Crippen LogP contribution in [0.3, 0.4) is 0 Å². The van der Waals surface area contributed by atoms with Gasteiger partial charge in [-0.05, 0) is 58.7 Å². The first-order valence-corrected chi connectivity index (χ1v) is 11.9. The van der Waals surface area contributed by atoms with E-state index in [0.717, 1.165) is 0 Å². The van der Waals surface area contributed by atoms with E-state index in [-0.39, 0.29) is 49.1 Å². The first-order valence-electron chi connectivity index (χ1n) is 11.9. The van der Waals surface area contributed by atoms with E-state index >= 15 is 0 Å². The van der Waals surface area contributed by atoms with Gasteiger partial charge in [-0.2, -0.15) is 26.3 Å². The van der Waals surface area contributed by atoms with Gasteiger partial charge in [0.1, 0.15) is 0 Å². The number of alkyl halides is 6. The van der Waals surface area contributed by atoms with Crippen molar-refractivity contribution in [3.63, 3.8) is 0 Å². The molecule has 3 aromatic carbocycles. The number of ether oxygens (including phenoxy) is 1. The highest BCUT2D eigenvalue weighted by atomic mass is 19.4. The second-order valence-electron chi connectivity index (χ2n) is 9.00. The molecule has 1 fully saturated rings. The number of rotatable bonds is 5. The molecule has 212 valence electrons. The summed E-state index contributed by atoms with van der Waals surface area (Å²) in [5, 5.41) is 11.5. The molecule has 3 N–H and O–H groups in total. The Hall–Kier alpha value is -4.10. The van der Waals surface area contributed by atoms with Gasteiger partial charge in [0.05, 0.1) is 30.4 Å². The molecule has 3 amide bonds. The minimum Gasteiger partial charge on any atom is -0.377 e. The van der Waals surface area contributed by atoms with Crippen LogP contribution in [0.25, 0.3) is 11.1 Å². The standard InChI is InChI=1S/C27H23F6N3O4/c28-26(29,30)21-11-20(12-22(13-21)27(31,32)33)18-2-1-3-19(10-18)23-15-40-9-8-36(23)25(38)34-14-16-4-6-17(7-5-16)24(37)35-39/h1-7,10-13,23,39H,8-9,14-15H2,(H,34,38)(H,35,37). The number of benzene rings is 3. The maximum Gasteiger partial charge on any atom is 0.416 e. The topological polar surface area (TPSA) is 90.9 Å². The number of morpholine rings is 1. The number of carbonyl (C=O) groups is 2. The molecular formula is C27H23F6N3O4. The Bertz CT molecular complexity index is 1340. The zero-order chi connectivity index (χ0) is 29.1. The van der Waals surface area contributed by atoms with Gasteiger partial charge in [-0.25, -0.2) is 10.3 Å². The molecule has 0 saturated carbocycles. The number of nitrogens with zero attached hydrogens (tertiary/aromatic N) is 1. The summed E-state index contributed by atoms with van der Waals surface area (Å²) >= 11 is 0. The molecule has 0 spiro atoms. The lowest BCUT2D eigenvalue weighted by molar-refractivity contribution is -0.143. The summed E-state index contributed by atoms with van der Waals surface area (Å²) in [6, 6.07) is 12.3. The number of hydrogen-bond donors (Lipinski definition) is 3. The Morgan fingerprint density at radius 2 is 1.55 bits per heavy atom. The van der Waals surface area contributed by atoms with E-state index < -0.39 is 41.5 Å². The Kier molecular flexibility index (Phi) is 8.35. The number of amides is 3. The first kappa shape index (κ1) is 28.9. The monoisotopic (exact) mass is 567 g/mol. The van der Waals surface area contributed by atoms with Gasteiger partial charge in [0.25, 0.3) is 5.91 Å². The van der Waals surface area contributed by atoms with E-state index in [1.165, 1.54) is 40.7 Å². The minimum absolute atomic E-state index is 0.0677. The van der Waals surface area contributed by atoms with Crippen molar-refractivity contribution in [1.82, 2.24) is 15.7 Å². The van der Waals surface area contributed by atoms with Crippen molar-refractivity contribution in [1.29, 1.82) is 0 Å². The summed E-state index contributed by atoms with van der Waals surface area (Å²) < 4.78 is 85.7. The molecule has 1 aliphatic heterocycles. The van der Waals surface area contributed by atoms with Gasteiger partial charge in [0.2, 0.25) is 0 Å². The maximum atomic E-state index is 13.4. The molecule has 1 aliphatic rings. The average molecular weight is 567 g/mol. The van der Waals surface area contributed by atoms with E-state index in [2.05, 4.69) is 5.32 Å². The van der Waals surface area contributed by atoms with Crippen molar-refractivity contribution in [2.24, 2.45) is 0 Å². The lowest BCUT2D eigenvalue weighted by atomic mass is 9.95. The van der Waals surface area contributed by atoms with Crippen LogP contribution in [0.4, 0.5) is 31.1 Å². The highest BCUT2D eigenvalue weighted by Crippen LogP contribution is 2.39. The van der Waals surface area contributed by atoms with Crippen molar-refractivity contribution < 1.29 is 45.9 Å². The minimum atomic E-state index is -4.98. The van der Waals surface area contributed by atoms with Gasteiger partial charge >= 0.3 is 18.4 Å². The molecule has 0 radical (unpaired) electrons. The van der Waals surface area contributed by atoms with E-state index in [4.69, 9.17) is 9.94 Å². The molecule has 1 unspecified atom stereocenters. The van der Waals surface area contributed by atoms with Crippen LogP contribution in [0.1, 0.15) is 38.7 Å². The third-order valence-electron chi connectivity index (χ3n) is 6.34. The summed E-state index contributed by atoms with van der Waals surface area (Å²) in [4.78, 5) is 26.0. The molecule has 1 heterocycles. The summed E-state index contributed by atoms with van der Waals surface area (Å²) in [5.74, 6) is -0.686. The van der Waals surface area contributed by atoms with Crippen molar-refractivity contribution in [3.05, 3.63) is 94.5 Å². The number of urea groups is 1. The van der Waals surface area contributed by atoms with Crippen LogP contribution in [-0.4, -0.2) is 41.8 Å². The van der Waals surface area contributed by atoms with E-state index in [9.17, 15) is 35.9 Å². The largest absolute Gasteiger partial charge is 0.416 e. The predicted molar refractivity (Wildman–Crippen MR) is 130 cm³/mol. The van der Waals surface area contributed by atoms with Crippen LogP contribution in [0.2, 0.25) is 0 Å². The lowest BCUT2D eigenvalue weighted by Crippen LogP contribution is -2.47. The smallest absolute Gasteiger partial charge is 0.377 e. The van der Waals surface area contributed by atoms with E-state index in [1.807, 2.05) is 0 Å². The fourth-order valence-corrected chi connectivity index (χ4v) is 4.29. The van der Waals surface area contributed by atoms with Gasteiger partial charge < -0.3 is 15.0 Å². The Morgan fingerprint density at radius 3 is 2.15 bits per heavy atom. The zero-order valence-electron chi connectivity index (χ0n) is 20.6.